The van der Waals surface area contributed by atoms with Crippen LogP contribution in [-0.4, -0.2) is 39.5 Å². The van der Waals surface area contributed by atoms with Crippen LogP contribution in [0.4, 0.5) is 0 Å². The van der Waals surface area contributed by atoms with Gasteiger partial charge in [0.25, 0.3) is 0 Å². The SMILES string of the molecule is COCCCN1CCc2cc(S(N)(=O)=O)sc2S1. The van der Waals surface area contributed by atoms with Gasteiger partial charge in [0.15, 0.2) is 0 Å². The summed E-state index contributed by atoms with van der Waals surface area (Å²) in [6.07, 6.45) is 1.85. The van der Waals surface area contributed by atoms with Gasteiger partial charge in [-0.25, -0.2) is 17.9 Å². The maximum Gasteiger partial charge on any atom is 0.247 e. The lowest BCUT2D eigenvalue weighted by Crippen LogP contribution is -2.23. The van der Waals surface area contributed by atoms with Crippen LogP contribution < -0.4 is 5.14 Å². The average Bonchev–Trinajstić information content (AvgIpc) is 2.72. The molecule has 0 saturated carbocycles. The van der Waals surface area contributed by atoms with Crippen LogP contribution in [0.1, 0.15) is 12.0 Å². The van der Waals surface area contributed by atoms with Crippen molar-refractivity contribution >= 4 is 33.3 Å². The smallest absolute Gasteiger partial charge is 0.247 e. The number of fused-ring (bicyclic) bond motifs is 1. The number of hydrogen-bond acceptors (Lipinski definition) is 6. The number of sulfonamides is 1. The van der Waals surface area contributed by atoms with E-state index in [0.29, 0.717) is 0 Å². The largest absolute Gasteiger partial charge is 0.385 e. The second-order valence-electron chi connectivity index (χ2n) is 4.04. The van der Waals surface area contributed by atoms with Crippen LogP contribution in [0.2, 0.25) is 0 Å². The van der Waals surface area contributed by atoms with Crippen molar-refractivity contribution in [2.75, 3.05) is 26.8 Å². The third-order valence-corrected chi connectivity index (χ3v) is 6.54. The van der Waals surface area contributed by atoms with Crippen molar-refractivity contribution in [2.24, 2.45) is 5.14 Å². The molecule has 0 radical (unpaired) electrons. The minimum Gasteiger partial charge on any atom is -0.385 e. The first kappa shape index (κ1) is 14.3. The summed E-state index contributed by atoms with van der Waals surface area (Å²) in [5.41, 5.74) is 1.09. The van der Waals surface area contributed by atoms with Gasteiger partial charge < -0.3 is 4.74 Å². The van der Waals surface area contributed by atoms with Crippen molar-refractivity contribution in [3.8, 4) is 0 Å². The number of methoxy groups -OCH3 is 1. The van der Waals surface area contributed by atoms with Crippen LogP contribution in [0.25, 0.3) is 0 Å². The zero-order valence-electron chi connectivity index (χ0n) is 10.1. The van der Waals surface area contributed by atoms with Gasteiger partial charge in [-0.05, 0) is 36.4 Å². The third kappa shape index (κ3) is 3.46. The van der Waals surface area contributed by atoms with Gasteiger partial charge >= 0.3 is 0 Å². The molecule has 0 amide bonds. The number of thiophene rings is 1. The number of nitrogens with two attached hydrogens (primary N) is 1. The first-order valence-electron chi connectivity index (χ1n) is 5.58. The minimum atomic E-state index is -3.57. The van der Waals surface area contributed by atoms with Gasteiger partial charge in [0.1, 0.15) is 4.21 Å². The molecular formula is C10H16N2O3S3. The Kier molecular flexibility index (Phi) is 4.68. The van der Waals surface area contributed by atoms with Gasteiger partial charge in [0.2, 0.25) is 10.0 Å². The lowest BCUT2D eigenvalue weighted by molar-refractivity contribution is 0.188. The molecule has 1 aliphatic heterocycles. The van der Waals surface area contributed by atoms with Crippen LogP contribution in [0.5, 0.6) is 0 Å². The molecule has 0 atom stereocenters. The average molecular weight is 308 g/mol. The quantitative estimate of drug-likeness (QED) is 0.655. The molecule has 0 spiro atoms. The predicted octanol–water partition coefficient (Wildman–Crippen LogP) is 1.30. The maximum absolute atomic E-state index is 11.3. The van der Waals surface area contributed by atoms with Crippen molar-refractivity contribution in [1.29, 1.82) is 0 Å². The van der Waals surface area contributed by atoms with E-state index in [-0.39, 0.29) is 4.21 Å². The van der Waals surface area contributed by atoms with E-state index in [4.69, 9.17) is 9.88 Å². The zero-order chi connectivity index (χ0) is 13.2. The molecule has 0 saturated heterocycles. The van der Waals surface area contributed by atoms with Gasteiger partial charge in [0, 0.05) is 26.8 Å². The van der Waals surface area contributed by atoms with E-state index < -0.39 is 10.0 Å². The van der Waals surface area contributed by atoms with Crippen LogP contribution >= 0.6 is 23.3 Å². The van der Waals surface area contributed by atoms with Crippen LogP contribution in [0.15, 0.2) is 14.5 Å². The molecular weight excluding hydrogens is 292 g/mol. The van der Waals surface area contributed by atoms with E-state index in [1.54, 1.807) is 25.1 Å². The Morgan fingerprint density at radius 1 is 1.56 bits per heavy atom. The van der Waals surface area contributed by atoms with Gasteiger partial charge in [-0.15, -0.1) is 11.3 Å². The number of primary sulfonamides is 1. The molecule has 2 rings (SSSR count). The summed E-state index contributed by atoms with van der Waals surface area (Å²) in [5.74, 6) is 0. The molecule has 0 aliphatic carbocycles. The molecule has 5 nitrogen and oxygen atoms in total. The molecule has 0 unspecified atom stereocenters. The summed E-state index contributed by atoms with van der Waals surface area (Å²) >= 11 is 2.88. The molecule has 8 heteroatoms. The fraction of sp³-hybridized carbons (Fsp3) is 0.600. The number of ether oxygens (including phenoxy) is 1. The topological polar surface area (TPSA) is 72.6 Å². The summed E-state index contributed by atoms with van der Waals surface area (Å²) in [4.78, 5) is 0. The molecule has 0 bridgehead atoms. The highest BCUT2D eigenvalue weighted by atomic mass is 32.3. The van der Waals surface area contributed by atoms with E-state index in [2.05, 4.69) is 4.31 Å². The van der Waals surface area contributed by atoms with Gasteiger partial charge in [-0.2, -0.15) is 0 Å². The highest BCUT2D eigenvalue weighted by Gasteiger charge is 2.23. The lowest BCUT2D eigenvalue weighted by atomic mass is 10.2. The lowest BCUT2D eigenvalue weighted by Gasteiger charge is -2.24. The summed E-state index contributed by atoms with van der Waals surface area (Å²) < 4.78 is 31.2. The Labute approximate surface area is 115 Å². The molecule has 2 N–H and O–H groups in total. The zero-order valence-corrected chi connectivity index (χ0v) is 12.5. The van der Waals surface area contributed by atoms with E-state index >= 15 is 0 Å². The Hall–Kier alpha value is -0.120. The molecule has 0 aromatic carbocycles. The normalized spacial score (nSPS) is 16.8. The van der Waals surface area contributed by atoms with Crippen LogP contribution in [-0.2, 0) is 21.2 Å². The third-order valence-electron chi connectivity index (χ3n) is 2.63. The fourth-order valence-corrected chi connectivity index (χ4v) is 5.24. The second kappa shape index (κ2) is 5.89. The second-order valence-corrected chi connectivity index (χ2v) is 8.25. The standard InChI is InChI=1S/C10H16N2O3S3/c1-15-6-2-4-12-5-3-8-7-9(18(11,13)14)16-10(8)17-12/h7H,2-6H2,1H3,(H2,11,13,14). The predicted molar refractivity (Wildman–Crippen MR) is 73.3 cm³/mol. The first-order valence-corrected chi connectivity index (χ1v) is 8.71. The van der Waals surface area contributed by atoms with E-state index in [0.717, 1.165) is 42.3 Å². The molecule has 1 aromatic rings. The Morgan fingerprint density at radius 3 is 3.00 bits per heavy atom. The highest BCUT2D eigenvalue weighted by Crippen LogP contribution is 2.39. The van der Waals surface area contributed by atoms with Crippen molar-refractivity contribution in [3.63, 3.8) is 0 Å². The summed E-state index contributed by atoms with van der Waals surface area (Å²) in [6, 6.07) is 1.70. The van der Waals surface area contributed by atoms with Gasteiger partial charge in [0.05, 0.1) is 4.21 Å². The summed E-state index contributed by atoms with van der Waals surface area (Å²) in [5, 5.41) is 5.14. The van der Waals surface area contributed by atoms with Crippen molar-refractivity contribution in [1.82, 2.24) is 4.31 Å². The Morgan fingerprint density at radius 2 is 2.33 bits per heavy atom. The monoisotopic (exact) mass is 308 g/mol. The molecule has 1 aliphatic rings. The van der Waals surface area contributed by atoms with Crippen molar-refractivity contribution in [3.05, 3.63) is 11.6 Å². The summed E-state index contributed by atoms with van der Waals surface area (Å²) in [7, 11) is -1.88. The number of rotatable bonds is 5. The number of nitrogens with zero attached hydrogens (tertiary/aromatic N) is 1. The van der Waals surface area contributed by atoms with Gasteiger partial charge in [-0.1, -0.05) is 0 Å². The molecule has 2 heterocycles. The Balaban J connectivity index is 2.03. The van der Waals surface area contributed by atoms with E-state index in [1.807, 2.05) is 0 Å². The maximum atomic E-state index is 11.3. The van der Waals surface area contributed by atoms with E-state index in [9.17, 15) is 8.42 Å². The Bertz CT molecular complexity index is 512. The van der Waals surface area contributed by atoms with E-state index in [1.165, 1.54) is 11.3 Å². The van der Waals surface area contributed by atoms with Crippen LogP contribution in [0, 0.1) is 0 Å². The minimum absolute atomic E-state index is 0.263. The molecule has 1 aromatic heterocycles. The molecule has 0 fully saturated rings. The first-order chi connectivity index (χ1) is 8.50. The van der Waals surface area contributed by atoms with Crippen molar-refractivity contribution < 1.29 is 13.2 Å². The number of hydrogen-bond donors (Lipinski definition) is 1. The van der Waals surface area contributed by atoms with Crippen molar-refractivity contribution in [2.45, 2.75) is 21.3 Å². The van der Waals surface area contributed by atoms with Gasteiger partial charge in [-0.3, -0.25) is 0 Å². The fourth-order valence-electron chi connectivity index (χ4n) is 1.73. The molecule has 18 heavy (non-hydrogen) atoms. The molecule has 102 valence electrons. The highest BCUT2D eigenvalue weighted by molar-refractivity contribution is 7.99. The van der Waals surface area contributed by atoms with Crippen LogP contribution in [0.3, 0.4) is 0 Å². The summed E-state index contributed by atoms with van der Waals surface area (Å²) in [6.45, 7) is 2.62.